The summed E-state index contributed by atoms with van der Waals surface area (Å²) >= 11 is 0.784. The molecule has 1 aliphatic rings. The summed E-state index contributed by atoms with van der Waals surface area (Å²) in [5, 5.41) is 13.2. The van der Waals surface area contributed by atoms with E-state index in [1.165, 1.54) is 12.1 Å². The lowest BCUT2D eigenvalue weighted by Crippen LogP contribution is -2.44. The summed E-state index contributed by atoms with van der Waals surface area (Å²) in [6.07, 6.45) is -2.70. The lowest BCUT2D eigenvalue weighted by atomic mass is 10.1. The van der Waals surface area contributed by atoms with E-state index in [9.17, 15) is 27.1 Å². The zero-order chi connectivity index (χ0) is 20.8. The summed E-state index contributed by atoms with van der Waals surface area (Å²) in [5.41, 5.74) is -0.818. The zero-order valence-corrected chi connectivity index (χ0v) is 16.2. The first kappa shape index (κ1) is 19.7. The number of hydrogen-bond acceptors (Lipinski definition) is 6. The third-order valence-corrected chi connectivity index (χ3v) is 7.81. The van der Waals surface area contributed by atoms with Crippen LogP contribution in [0.5, 0.6) is 0 Å². The molecule has 2 N–H and O–H groups in total. The molecule has 0 saturated heterocycles. The largest absolute Gasteiger partial charge is 0.480 e. The third kappa shape index (κ3) is 3.56. The summed E-state index contributed by atoms with van der Waals surface area (Å²) in [7, 11) is -4.16. The Morgan fingerprint density at radius 3 is 2.62 bits per heavy atom. The maximum Gasteiger partial charge on any atom is 0.325 e. The van der Waals surface area contributed by atoms with Crippen molar-refractivity contribution in [3.8, 4) is 10.6 Å². The first-order valence-corrected chi connectivity index (χ1v) is 10.7. The number of carboxylic acids is 1. The van der Waals surface area contributed by atoms with Gasteiger partial charge >= 0.3 is 5.97 Å². The van der Waals surface area contributed by atoms with Crippen molar-refractivity contribution in [3.63, 3.8) is 0 Å². The van der Waals surface area contributed by atoms with Crippen LogP contribution in [-0.4, -0.2) is 30.2 Å². The zero-order valence-electron chi connectivity index (χ0n) is 14.6. The van der Waals surface area contributed by atoms with Crippen molar-refractivity contribution in [2.45, 2.75) is 28.5 Å². The van der Waals surface area contributed by atoms with Crippen LogP contribution in [0, 0.1) is 0 Å². The summed E-state index contributed by atoms with van der Waals surface area (Å²) in [6, 6.07) is 12.5. The van der Waals surface area contributed by atoms with Gasteiger partial charge in [-0.05, 0) is 24.1 Å². The number of nitrogens with one attached hydrogen (secondary N) is 1. The molecule has 7 nitrogen and oxygen atoms in total. The fourth-order valence-corrected chi connectivity index (χ4v) is 5.81. The summed E-state index contributed by atoms with van der Waals surface area (Å²) < 4.78 is 57.6. The molecule has 4 rings (SSSR count). The predicted molar refractivity (Wildman–Crippen MR) is 99.3 cm³/mol. The van der Waals surface area contributed by atoms with E-state index in [1.54, 1.807) is 30.3 Å². The van der Waals surface area contributed by atoms with E-state index >= 15 is 0 Å². The van der Waals surface area contributed by atoms with Crippen LogP contribution in [0.1, 0.15) is 30.1 Å². The maximum atomic E-state index is 12.8. The summed E-state index contributed by atoms with van der Waals surface area (Å²) in [5.74, 6) is -2.37. The van der Waals surface area contributed by atoms with Gasteiger partial charge in [-0.2, -0.15) is 4.72 Å². The van der Waals surface area contributed by atoms with Crippen molar-refractivity contribution < 1.29 is 31.6 Å². The number of hydrogen-bond donors (Lipinski definition) is 2. The van der Waals surface area contributed by atoms with Crippen molar-refractivity contribution in [3.05, 3.63) is 59.9 Å². The molecule has 2 heterocycles. The minimum atomic E-state index is -4.16. The SMILES string of the molecule is O=C(O)[C@]1(NS(=O)(=O)c2ccc(-c3cc(C(F)F)on3)s2)CC1c1ccccc1. The molecule has 0 spiro atoms. The van der Waals surface area contributed by atoms with Crippen LogP contribution in [0.15, 0.2) is 57.3 Å². The fraction of sp³-hybridized carbons (Fsp3) is 0.222. The van der Waals surface area contributed by atoms with E-state index in [0.717, 1.165) is 23.0 Å². The van der Waals surface area contributed by atoms with Crippen LogP contribution >= 0.6 is 11.3 Å². The highest BCUT2D eigenvalue weighted by molar-refractivity contribution is 7.91. The Hall–Kier alpha value is -2.63. The second kappa shape index (κ2) is 7.01. The van der Waals surface area contributed by atoms with Gasteiger partial charge in [0.15, 0.2) is 0 Å². The second-order valence-electron chi connectivity index (χ2n) is 6.58. The van der Waals surface area contributed by atoms with Gasteiger partial charge in [0.25, 0.3) is 16.4 Å². The van der Waals surface area contributed by atoms with E-state index in [0.29, 0.717) is 4.88 Å². The van der Waals surface area contributed by atoms with Crippen LogP contribution in [0.3, 0.4) is 0 Å². The number of carbonyl (C=O) groups is 1. The second-order valence-corrected chi connectivity index (χ2v) is 9.58. The highest BCUT2D eigenvalue weighted by atomic mass is 32.2. The van der Waals surface area contributed by atoms with Crippen LogP contribution in [0.2, 0.25) is 0 Å². The normalized spacial score (nSPS) is 21.4. The van der Waals surface area contributed by atoms with Gasteiger partial charge in [-0.1, -0.05) is 35.5 Å². The third-order valence-electron chi connectivity index (χ3n) is 4.70. The lowest BCUT2D eigenvalue weighted by molar-refractivity contribution is -0.140. The summed E-state index contributed by atoms with van der Waals surface area (Å²) in [6.45, 7) is 0. The number of carboxylic acid groups (broad SMARTS) is 1. The number of halogens is 2. The molecule has 0 amide bonds. The first-order valence-electron chi connectivity index (χ1n) is 8.40. The Kier molecular flexibility index (Phi) is 4.75. The molecule has 0 aliphatic heterocycles. The standard InChI is InChI=1S/C18H14F2N2O5S2/c19-16(20)13-8-12(21-27-13)14-6-7-15(28-14)29(25,26)22-18(17(23)24)9-11(18)10-4-2-1-3-5-10/h1-8,11,16,22H,9H2,(H,23,24)/t11?,18-/m0/s1. The monoisotopic (exact) mass is 440 g/mol. The van der Waals surface area contributed by atoms with Crippen molar-refractivity contribution in [1.29, 1.82) is 0 Å². The van der Waals surface area contributed by atoms with Crippen molar-refractivity contribution in [2.24, 2.45) is 0 Å². The lowest BCUT2D eigenvalue weighted by Gasteiger charge is -2.14. The molecular formula is C18H14F2N2O5S2. The van der Waals surface area contributed by atoms with Gasteiger partial charge in [-0.15, -0.1) is 11.3 Å². The van der Waals surface area contributed by atoms with Crippen molar-refractivity contribution in [2.75, 3.05) is 0 Å². The van der Waals surface area contributed by atoms with Crippen LogP contribution in [0.25, 0.3) is 10.6 Å². The van der Waals surface area contributed by atoms with Crippen LogP contribution in [0.4, 0.5) is 8.78 Å². The Morgan fingerprint density at radius 1 is 1.28 bits per heavy atom. The van der Waals surface area contributed by atoms with Gasteiger partial charge in [-0.25, -0.2) is 17.2 Å². The number of aliphatic carboxylic acids is 1. The first-order chi connectivity index (χ1) is 13.7. The number of aromatic nitrogens is 1. The van der Waals surface area contributed by atoms with E-state index in [4.69, 9.17) is 0 Å². The van der Waals surface area contributed by atoms with E-state index in [1.807, 2.05) is 0 Å². The molecule has 0 bridgehead atoms. The van der Waals surface area contributed by atoms with Gasteiger partial charge < -0.3 is 9.63 Å². The molecule has 152 valence electrons. The molecule has 1 aromatic carbocycles. The number of thiophene rings is 1. The Bertz CT molecular complexity index is 1160. The highest BCUT2D eigenvalue weighted by Gasteiger charge is 2.63. The number of nitrogens with zero attached hydrogens (tertiary/aromatic N) is 1. The molecule has 1 fully saturated rings. The minimum Gasteiger partial charge on any atom is -0.480 e. The Morgan fingerprint density at radius 2 is 2.00 bits per heavy atom. The molecule has 2 atom stereocenters. The van der Waals surface area contributed by atoms with Gasteiger partial charge in [-0.3, -0.25) is 4.79 Å². The average molecular weight is 440 g/mol. The number of benzene rings is 1. The molecule has 1 saturated carbocycles. The highest BCUT2D eigenvalue weighted by Crippen LogP contribution is 2.52. The van der Waals surface area contributed by atoms with Gasteiger partial charge in [0.05, 0.1) is 4.88 Å². The summed E-state index contributed by atoms with van der Waals surface area (Å²) in [4.78, 5) is 12.2. The maximum absolute atomic E-state index is 12.8. The van der Waals surface area contributed by atoms with E-state index < -0.39 is 39.6 Å². The predicted octanol–water partition coefficient (Wildman–Crippen LogP) is 3.63. The quantitative estimate of drug-likeness (QED) is 0.581. The van der Waals surface area contributed by atoms with E-state index in [-0.39, 0.29) is 16.3 Å². The molecule has 29 heavy (non-hydrogen) atoms. The molecule has 1 aliphatic carbocycles. The molecule has 1 unspecified atom stereocenters. The number of sulfonamides is 1. The van der Waals surface area contributed by atoms with Gasteiger partial charge in [0.2, 0.25) is 5.76 Å². The minimum absolute atomic E-state index is 0.0771. The molecule has 2 aromatic heterocycles. The molecule has 3 aromatic rings. The van der Waals surface area contributed by atoms with E-state index in [2.05, 4.69) is 14.4 Å². The number of alkyl halides is 2. The molecule has 0 radical (unpaired) electrons. The molecule has 11 heteroatoms. The van der Waals surface area contributed by atoms with Gasteiger partial charge in [0.1, 0.15) is 15.4 Å². The van der Waals surface area contributed by atoms with Crippen LogP contribution < -0.4 is 4.72 Å². The topological polar surface area (TPSA) is 110 Å². The Balaban J connectivity index is 1.59. The van der Waals surface area contributed by atoms with Crippen LogP contribution in [-0.2, 0) is 14.8 Å². The number of rotatable bonds is 7. The fourth-order valence-electron chi connectivity index (χ4n) is 3.14. The van der Waals surface area contributed by atoms with Gasteiger partial charge in [0, 0.05) is 12.0 Å². The smallest absolute Gasteiger partial charge is 0.325 e. The van der Waals surface area contributed by atoms with Crippen molar-refractivity contribution in [1.82, 2.24) is 9.88 Å². The average Bonchev–Trinajstić information content (AvgIpc) is 3.06. The molecular weight excluding hydrogens is 426 g/mol. The van der Waals surface area contributed by atoms with Crippen molar-refractivity contribution >= 4 is 27.3 Å². The Labute approximate surface area is 168 Å².